The Balaban J connectivity index is 3.51. The number of aldehydes is 1. The minimum Gasteiger partial charge on any atom is -0.289 e. The van der Waals surface area contributed by atoms with Gasteiger partial charge in [0.15, 0.2) is 6.29 Å². The van der Waals surface area contributed by atoms with Gasteiger partial charge in [-0.05, 0) is 18.4 Å². The Hall–Kier alpha value is -1.29. The number of carbonyl (C=O) groups is 1. The Morgan fingerprint density at radius 1 is 1.27 bits per heavy atom. The van der Waals surface area contributed by atoms with Crippen molar-refractivity contribution in [2.75, 3.05) is 0 Å². The van der Waals surface area contributed by atoms with Crippen molar-refractivity contribution in [3.63, 3.8) is 0 Å². The van der Waals surface area contributed by atoms with E-state index in [-0.39, 0.29) is 0 Å². The SMILES string of the molecule is CCC/C=C/C=C/C#CC=O. The third kappa shape index (κ3) is 8.71. The average molecular weight is 148 g/mol. The average Bonchev–Trinajstić information content (AvgIpc) is 2.03. The lowest BCUT2D eigenvalue weighted by Gasteiger charge is -1.78. The molecule has 0 atom stereocenters. The molecule has 0 radical (unpaired) electrons. The zero-order valence-electron chi connectivity index (χ0n) is 6.71. The van der Waals surface area contributed by atoms with E-state index in [1.165, 1.54) is 0 Å². The van der Waals surface area contributed by atoms with Gasteiger partial charge < -0.3 is 0 Å². The molecule has 0 saturated carbocycles. The van der Waals surface area contributed by atoms with Crippen LogP contribution in [0.1, 0.15) is 19.8 Å². The van der Waals surface area contributed by atoms with Gasteiger partial charge in [-0.1, -0.05) is 37.5 Å². The van der Waals surface area contributed by atoms with Crippen LogP contribution in [0.4, 0.5) is 0 Å². The van der Waals surface area contributed by atoms with Gasteiger partial charge in [0, 0.05) is 0 Å². The number of carbonyl (C=O) groups excluding carboxylic acids is 1. The molecule has 58 valence electrons. The van der Waals surface area contributed by atoms with Crippen LogP contribution in [0.25, 0.3) is 0 Å². The molecule has 1 nitrogen and oxygen atoms in total. The van der Waals surface area contributed by atoms with Crippen molar-refractivity contribution in [1.82, 2.24) is 0 Å². The zero-order valence-corrected chi connectivity index (χ0v) is 6.71. The first-order valence-electron chi connectivity index (χ1n) is 3.68. The molecule has 0 aliphatic heterocycles. The summed E-state index contributed by atoms with van der Waals surface area (Å²) in [6.45, 7) is 2.13. The van der Waals surface area contributed by atoms with Gasteiger partial charge in [0.1, 0.15) is 0 Å². The van der Waals surface area contributed by atoms with Gasteiger partial charge in [-0.3, -0.25) is 4.79 Å². The fourth-order valence-corrected chi connectivity index (χ4v) is 0.527. The van der Waals surface area contributed by atoms with Crippen molar-refractivity contribution in [3.8, 4) is 11.8 Å². The van der Waals surface area contributed by atoms with Crippen LogP contribution in [0, 0.1) is 11.8 Å². The van der Waals surface area contributed by atoms with Gasteiger partial charge in [-0.25, -0.2) is 0 Å². The van der Waals surface area contributed by atoms with Crippen LogP contribution in [-0.4, -0.2) is 6.29 Å². The van der Waals surface area contributed by atoms with Crippen molar-refractivity contribution < 1.29 is 4.79 Å². The maximum atomic E-state index is 9.71. The summed E-state index contributed by atoms with van der Waals surface area (Å²) in [5.41, 5.74) is 0. The number of hydrogen-bond donors (Lipinski definition) is 0. The predicted octanol–water partition coefficient (Wildman–Crippen LogP) is 2.10. The summed E-state index contributed by atoms with van der Waals surface area (Å²) < 4.78 is 0. The fourth-order valence-electron chi connectivity index (χ4n) is 0.527. The lowest BCUT2D eigenvalue weighted by atomic mass is 10.3. The second-order valence-corrected chi connectivity index (χ2v) is 1.98. The zero-order chi connectivity index (χ0) is 8.36. The van der Waals surface area contributed by atoms with Crippen molar-refractivity contribution in [2.24, 2.45) is 0 Å². The van der Waals surface area contributed by atoms with Gasteiger partial charge in [0.2, 0.25) is 0 Å². The lowest BCUT2D eigenvalue weighted by Crippen LogP contribution is -1.59. The minimum absolute atomic E-state index is 0.583. The molecule has 0 unspecified atom stereocenters. The van der Waals surface area contributed by atoms with Gasteiger partial charge in [-0.2, -0.15) is 0 Å². The van der Waals surface area contributed by atoms with E-state index in [1.807, 2.05) is 12.2 Å². The predicted molar refractivity (Wildman–Crippen MR) is 47.0 cm³/mol. The Labute approximate surface area is 67.8 Å². The molecular formula is C10H12O. The highest BCUT2D eigenvalue weighted by molar-refractivity contribution is 5.73. The molecule has 0 spiro atoms. The van der Waals surface area contributed by atoms with Crippen LogP contribution in [-0.2, 0) is 4.79 Å². The normalized spacial score (nSPS) is 9.91. The quantitative estimate of drug-likeness (QED) is 0.340. The van der Waals surface area contributed by atoms with Crippen LogP contribution in [0.2, 0.25) is 0 Å². The number of hydrogen-bond acceptors (Lipinski definition) is 1. The Kier molecular flexibility index (Phi) is 7.69. The third-order valence-electron chi connectivity index (χ3n) is 1.02. The molecule has 0 rings (SSSR count). The van der Waals surface area contributed by atoms with Crippen LogP contribution in [0.3, 0.4) is 0 Å². The van der Waals surface area contributed by atoms with E-state index in [9.17, 15) is 4.79 Å². The summed E-state index contributed by atoms with van der Waals surface area (Å²) in [4.78, 5) is 9.71. The Morgan fingerprint density at radius 2 is 2.09 bits per heavy atom. The van der Waals surface area contributed by atoms with E-state index in [0.717, 1.165) is 12.8 Å². The second-order valence-electron chi connectivity index (χ2n) is 1.98. The fraction of sp³-hybridized carbons (Fsp3) is 0.300. The molecule has 1 heteroatoms. The van der Waals surface area contributed by atoms with E-state index in [2.05, 4.69) is 24.8 Å². The van der Waals surface area contributed by atoms with E-state index in [1.54, 1.807) is 6.08 Å². The smallest absolute Gasteiger partial charge is 0.193 e. The molecule has 0 aliphatic rings. The van der Waals surface area contributed by atoms with Crippen molar-refractivity contribution >= 4 is 6.29 Å². The van der Waals surface area contributed by atoms with Gasteiger partial charge in [-0.15, -0.1) is 0 Å². The van der Waals surface area contributed by atoms with E-state index in [0.29, 0.717) is 6.29 Å². The minimum atomic E-state index is 0.583. The first kappa shape index (κ1) is 9.71. The summed E-state index contributed by atoms with van der Waals surface area (Å²) in [6, 6.07) is 0. The molecule has 0 N–H and O–H groups in total. The monoisotopic (exact) mass is 148 g/mol. The maximum Gasteiger partial charge on any atom is 0.193 e. The van der Waals surface area contributed by atoms with Crippen molar-refractivity contribution in [3.05, 3.63) is 24.3 Å². The summed E-state index contributed by atoms with van der Waals surface area (Å²) in [6.07, 6.45) is 10.3. The van der Waals surface area contributed by atoms with E-state index >= 15 is 0 Å². The first-order valence-corrected chi connectivity index (χ1v) is 3.68. The molecule has 0 aliphatic carbocycles. The second kappa shape index (κ2) is 8.71. The summed E-state index contributed by atoms with van der Waals surface area (Å²) in [5, 5.41) is 0. The molecular weight excluding hydrogens is 136 g/mol. The maximum absolute atomic E-state index is 9.71. The Morgan fingerprint density at radius 3 is 2.73 bits per heavy atom. The largest absolute Gasteiger partial charge is 0.289 e. The molecule has 0 aromatic carbocycles. The van der Waals surface area contributed by atoms with Crippen LogP contribution in [0.15, 0.2) is 24.3 Å². The van der Waals surface area contributed by atoms with E-state index < -0.39 is 0 Å². The molecule has 0 heterocycles. The number of unbranched alkanes of at least 4 members (excludes halogenated alkanes) is 1. The van der Waals surface area contributed by atoms with Crippen LogP contribution in [0.5, 0.6) is 0 Å². The van der Waals surface area contributed by atoms with Gasteiger partial charge in [0.05, 0.1) is 0 Å². The summed E-state index contributed by atoms with van der Waals surface area (Å²) in [5.74, 6) is 4.85. The summed E-state index contributed by atoms with van der Waals surface area (Å²) >= 11 is 0. The third-order valence-corrected chi connectivity index (χ3v) is 1.02. The highest BCUT2D eigenvalue weighted by atomic mass is 16.1. The number of allylic oxidation sites excluding steroid dienone is 4. The molecule has 0 saturated heterocycles. The molecule has 0 aromatic rings. The molecule has 0 amide bonds. The Bertz CT molecular complexity index is 201. The molecule has 11 heavy (non-hydrogen) atoms. The topological polar surface area (TPSA) is 17.1 Å². The molecule has 0 aromatic heterocycles. The summed E-state index contributed by atoms with van der Waals surface area (Å²) in [7, 11) is 0. The van der Waals surface area contributed by atoms with Gasteiger partial charge >= 0.3 is 0 Å². The van der Waals surface area contributed by atoms with E-state index in [4.69, 9.17) is 0 Å². The number of rotatable bonds is 3. The molecule has 0 bridgehead atoms. The molecule has 0 fully saturated rings. The highest BCUT2D eigenvalue weighted by Crippen LogP contribution is 1.87. The van der Waals surface area contributed by atoms with Crippen molar-refractivity contribution in [2.45, 2.75) is 19.8 Å². The standard InChI is InChI=1S/C10H12O/c1-2-3-4-5-6-7-8-9-10-11/h4-7,10H,2-3H2,1H3/b5-4+,7-6+. The van der Waals surface area contributed by atoms with Crippen LogP contribution < -0.4 is 0 Å². The lowest BCUT2D eigenvalue weighted by molar-refractivity contribution is -0.103. The van der Waals surface area contributed by atoms with Gasteiger partial charge in [0.25, 0.3) is 0 Å². The highest BCUT2D eigenvalue weighted by Gasteiger charge is 1.68. The van der Waals surface area contributed by atoms with Crippen molar-refractivity contribution in [1.29, 1.82) is 0 Å². The first-order chi connectivity index (χ1) is 5.41. The van der Waals surface area contributed by atoms with Crippen LogP contribution >= 0.6 is 0 Å².